The Labute approximate surface area is 297 Å². The molecular formula is C38H36BrN3O8. The summed E-state index contributed by atoms with van der Waals surface area (Å²) in [4.78, 5) is 42.1. The zero-order valence-electron chi connectivity index (χ0n) is 28.1. The lowest BCUT2D eigenvalue weighted by atomic mass is 9.98. The Bertz CT molecular complexity index is 2130. The summed E-state index contributed by atoms with van der Waals surface area (Å²) in [6, 6.07) is 20.8. The number of halogens is 1. The third-order valence-corrected chi connectivity index (χ3v) is 9.15. The molecule has 0 radical (unpaired) electrons. The highest BCUT2D eigenvalue weighted by Crippen LogP contribution is 2.35. The Morgan fingerprint density at radius 2 is 1.44 bits per heavy atom. The van der Waals surface area contributed by atoms with Crippen molar-refractivity contribution in [3.8, 4) is 23.0 Å². The van der Waals surface area contributed by atoms with Gasteiger partial charge in [0.05, 0.1) is 45.1 Å². The van der Waals surface area contributed by atoms with Crippen LogP contribution in [0.15, 0.2) is 86.5 Å². The van der Waals surface area contributed by atoms with Gasteiger partial charge in [0.15, 0.2) is 34.2 Å². The van der Waals surface area contributed by atoms with Crippen LogP contribution in [0.25, 0.3) is 11.0 Å². The molecule has 1 aliphatic rings. The molecule has 50 heavy (non-hydrogen) atoms. The summed E-state index contributed by atoms with van der Waals surface area (Å²) in [6.45, 7) is 2.66. The minimum atomic E-state index is -0.714. The third-order valence-electron chi connectivity index (χ3n) is 8.66. The van der Waals surface area contributed by atoms with Crippen LogP contribution >= 0.6 is 15.9 Å². The van der Waals surface area contributed by atoms with Gasteiger partial charge in [0, 0.05) is 41.9 Å². The van der Waals surface area contributed by atoms with Gasteiger partial charge in [0.25, 0.3) is 11.8 Å². The second kappa shape index (κ2) is 15.1. The summed E-state index contributed by atoms with van der Waals surface area (Å²) in [5.41, 5.74) is 4.36. The Morgan fingerprint density at radius 1 is 0.780 bits per heavy atom. The maximum atomic E-state index is 13.6. The van der Waals surface area contributed by atoms with Crippen LogP contribution in [0.3, 0.4) is 0 Å². The standard InChI is InChI=1S/C38H36BrN3O8/c1-46-32-15-23-12-14-42(21-24(23)16-33(32)47-2)13-11-22-5-8-26(9-6-22)40-37(44)27-18-34(48-3)35(49-4)19-29(27)41-38(45)36-20-30(43)28-17-25(39)7-10-31(28)50-36/h5-10,15-20H,11-14,21H2,1-4H3,(H,40,44)(H,41,45). The highest BCUT2D eigenvalue weighted by atomic mass is 79.9. The molecule has 11 nitrogen and oxygen atoms in total. The van der Waals surface area contributed by atoms with Gasteiger partial charge in [-0.15, -0.1) is 0 Å². The van der Waals surface area contributed by atoms with Crippen LogP contribution in [0.2, 0.25) is 0 Å². The molecule has 0 aliphatic carbocycles. The molecule has 6 rings (SSSR count). The summed E-state index contributed by atoms with van der Waals surface area (Å²) >= 11 is 3.34. The summed E-state index contributed by atoms with van der Waals surface area (Å²) in [6.07, 6.45) is 1.78. The molecule has 12 heteroatoms. The number of ether oxygens (including phenoxy) is 4. The fourth-order valence-corrected chi connectivity index (χ4v) is 6.33. The minimum Gasteiger partial charge on any atom is -0.493 e. The van der Waals surface area contributed by atoms with Gasteiger partial charge in [-0.25, -0.2) is 0 Å². The average molecular weight is 743 g/mol. The van der Waals surface area contributed by atoms with Crippen molar-refractivity contribution in [3.63, 3.8) is 0 Å². The Morgan fingerprint density at radius 3 is 2.14 bits per heavy atom. The Balaban J connectivity index is 1.14. The summed E-state index contributed by atoms with van der Waals surface area (Å²) in [5.74, 6) is 0.668. The van der Waals surface area contributed by atoms with E-state index in [1.807, 2.05) is 24.3 Å². The zero-order chi connectivity index (χ0) is 35.4. The molecular weight excluding hydrogens is 706 g/mol. The van der Waals surface area contributed by atoms with E-state index in [0.29, 0.717) is 27.0 Å². The normalized spacial score (nSPS) is 12.6. The fourth-order valence-electron chi connectivity index (χ4n) is 5.97. The van der Waals surface area contributed by atoms with E-state index in [1.165, 1.54) is 37.5 Å². The van der Waals surface area contributed by atoms with Crippen molar-refractivity contribution in [2.24, 2.45) is 0 Å². The lowest BCUT2D eigenvalue weighted by Crippen LogP contribution is -2.32. The number of benzene rings is 4. The first-order chi connectivity index (χ1) is 24.2. The molecule has 0 fully saturated rings. The number of nitrogens with zero attached hydrogens (tertiary/aromatic N) is 1. The number of anilines is 2. The van der Waals surface area contributed by atoms with Gasteiger partial charge in [0.1, 0.15) is 5.58 Å². The topological polar surface area (TPSA) is 129 Å². The molecule has 0 atom stereocenters. The number of nitrogens with one attached hydrogen (secondary N) is 2. The smallest absolute Gasteiger partial charge is 0.291 e. The van der Waals surface area contributed by atoms with Crippen LogP contribution in [0, 0.1) is 0 Å². The molecule has 0 unspecified atom stereocenters. The maximum Gasteiger partial charge on any atom is 0.291 e. The molecule has 258 valence electrons. The van der Waals surface area contributed by atoms with E-state index in [1.54, 1.807) is 32.4 Å². The van der Waals surface area contributed by atoms with Crippen LogP contribution in [-0.4, -0.2) is 58.2 Å². The van der Waals surface area contributed by atoms with E-state index >= 15 is 0 Å². The molecule has 2 heterocycles. The highest BCUT2D eigenvalue weighted by molar-refractivity contribution is 9.10. The van der Waals surface area contributed by atoms with E-state index in [0.717, 1.165) is 55.6 Å². The van der Waals surface area contributed by atoms with Crippen molar-refractivity contribution in [2.45, 2.75) is 19.4 Å². The highest BCUT2D eigenvalue weighted by Gasteiger charge is 2.22. The third kappa shape index (κ3) is 7.46. The molecule has 1 aliphatic heterocycles. The summed E-state index contributed by atoms with van der Waals surface area (Å²) in [5, 5.41) is 5.94. The van der Waals surface area contributed by atoms with E-state index in [-0.39, 0.29) is 28.0 Å². The van der Waals surface area contributed by atoms with Gasteiger partial charge in [-0.2, -0.15) is 0 Å². The van der Waals surface area contributed by atoms with Gasteiger partial charge in [0.2, 0.25) is 0 Å². The Kier molecular flexibility index (Phi) is 10.4. The monoisotopic (exact) mass is 741 g/mol. The predicted octanol–water partition coefficient (Wildman–Crippen LogP) is 6.70. The number of fused-ring (bicyclic) bond motifs is 2. The number of methoxy groups -OCH3 is 4. The molecule has 0 saturated carbocycles. The number of rotatable bonds is 11. The van der Waals surface area contributed by atoms with Crippen LogP contribution in [0.1, 0.15) is 37.6 Å². The predicted molar refractivity (Wildman–Crippen MR) is 194 cm³/mol. The fraction of sp³-hybridized carbons (Fsp3) is 0.237. The first-order valence-corrected chi connectivity index (χ1v) is 16.7. The van der Waals surface area contributed by atoms with Crippen molar-refractivity contribution < 1.29 is 33.0 Å². The van der Waals surface area contributed by atoms with Gasteiger partial charge >= 0.3 is 0 Å². The molecule has 5 aromatic rings. The SMILES string of the molecule is COc1cc2c(cc1OC)CN(CCc1ccc(NC(=O)c3cc(OC)c(OC)cc3NC(=O)c3cc(=O)c4cc(Br)ccc4o3)cc1)CC2. The van der Waals surface area contributed by atoms with Crippen LogP contribution in [-0.2, 0) is 19.4 Å². The first kappa shape index (κ1) is 34.5. The van der Waals surface area contributed by atoms with Gasteiger partial charge < -0.3 is 34.0 Å². The molecule has 2 amide bonds. The largest absolute Gasteiger partial charge is 0.493 e. The van der Waals surface area contributed by atoms with E-state index in [9.17, 15) is 14.4 Å². The van der Waals surface area contributed by atoms with Crippen molar-refractivity contribution in [3.05, 3.63) is 116 Å². The number of amides is 2. The number of carbonyl (C=O) groups is 2. The molecule has 0 saturated heterocycles. The molecule has 1 aromatic heterocycles. The van der Waals surface area contributed by atoms with Gasteiger partial charge in [-0.1, -0.05) is 28.1 Å². The molecule has 4 aromatic carbocycles. The van der Waals surface area contributed by atoms with Crippen LogP contribution in [0.5, 0.6) is 23.0 Å². The van der Waals surface area contributed by atoms with E-state index in [2.05, 4.69) is 43.6 Å². The average Bonchev–Trinajstić information content (AvgIpc) is 3.13. The van der Waals surface area contributed by atoms with Gasteiger partial charge in [-0.05, 0) is 78.1 Å². The van der Waals surface area contributed by atoms with Crippen molar-refractivity contribution >= 4 is 50.1 Å². The zero-order valence-corrected chi connectivity index (χ0v) is 29.6. The van der Waals surface area contributed by atoms with Crippen molar-refractivity contribution in [2.75, 3.05) is 52.2 Å². The summed E-state index contributed by atoms with van der Waals surface area (Å²) < 4.78 is 28.3. The van der Waals surface area contributed by atoms with E-state index < -0.39 is 11.8 Å². The molecule has 0 bridgehead atoms. The maximum absolute atomic E-state index is 13.6. The van der Waals surface area contributed by atoms with E-state index in [4.69, 9.17) is 23.4 Å². The second-order valence-electron chi connectivity index (χ2n) is 11.7. The number of hydrogen-bond donors (Lipinski definition) is 2. The van der Waals surface area contributed by atoms with Crippen molar-refractivity contribution in [1.82, 2.24) is 4.90 Å². The van der Waals surface area contributed by atoms with Gasteiger partial charge in [-0.3, -0.25) is 19.3 Å². The summed E-state index contributed by atoms with van der Waals surface area (Å²) in [7, 11) is 6.20. The quantitative estimate of drug-likeness (QED) is 0.152. The first-order valence-electron chi connectivity index (χ1n) is 15.9. The lowest BCUT2D eigenvalue weighted by Gasteiger charge is -2.29. The van der Waals surface area contributed by atoms with Crippen LogP contribution < -0.4 is 35.0 Å². The second-order valence-corrected chi connectivity index (χ2v) is 12.6. The minimum absolute atomic E-state index is 0.117. The lowest BCUT2D eigenvalue weighted by molar-refractivity contribution is 0.0997. The molecule has 0 spiro atoms. The Hall–Kier alpha value is -5.33. The molecule has 2 N–H and O–H groups in total. The van der Waals surface area contributed by atoms with Crippen LogP contribution in [0.4, 0.5) is 11.4 Å². The van der Waals surface area contributed by atoms with Crippen molar-refractivity contribution in [1.29, 1.82) is 0 Å². The number of hydrogen-bond acceptors (Lipinski definition) is 9. The number of carbonyl (C=O) groups excluding carboxylic acids is 2.